The second-order valence-corrected chi connectivity index (χ2v) is 7.74. The molecule has 0 saturated heterocycles. The minimum absolute atomic E-state index is 0.359. The van der Waals surface area contributed by atoms with E-state index in [1.807, 2.05) is 0 Å². The van der Waals surface area contributed by atoms with E-state index in [1.165, 1.54) is 60.9 Å². The number of rotatable bonds is 3. The summed E-state index contributed by atoms with van der Waals surface area (Å²) in [5.74, 6) is 2.16. The number of aromatic nitrogens is 1. The number of hydrogen-bond acceptors (Lipinski definition) is 1. The van der Waals surface area contributed by atoms with Gasteiger partial charge in [0, 0.05) is 6.07 Å². The molecule has 0 atom stereocenters. The second-order valence-electron chi connectivity index (χ2n) is 7.74. The summed E-state index contributed by atoms with van der Waals surface area (Å²) in [6.07, 6.45) is 15.0. The Hall–Kier alpha value is -2.03. The van der Waals surface area contributed by atoms with E-state index in [-0.39, 0.29) is 0 Å². The van der Waals surface area contributed by atoms with Gasteiger partial charge in [-0.25, -0.2) is 4.57 Å². The summed E-state index contributed by atoms with van der Waals surface area (Å²) in [7, 11) is 2.15. The van der Waals surface area contributed by atoms with Crippen molar-refractivity contribution in [2.45, 2.75) is 45.3 Å². The molecule has 128 valence electrons. The summed E-state index contributed by atoms with van der Waals surface area (Å²) in [4.78, 5) is 2.41. The van der Waals surface area contributed by atoms with E-state index in [9.17, 15) is 0 Å². The highest BCUT2D eigenvalue weighted by Gasteiger charge is 2.33. The highest BCUT2D eigenvalue weighted by Crippen LogP contribution is 2.28. The average molecular weight is 331 g/mol. The maximum absolute atomic E-state index is 2.41. The van der Waals surface area contributed by atoms with Crippen molar-refractivity contribution in [2.24, 2.45) is 13.0 Å². The van der Waals surface area contributed by atoms with E-state index in [4.69, 9.17) is 0 Å². The average Bonchev–Trinajstić information content (AvgIpc) is 2.65. The Labute approximate surface area is 152 Å². The first kappa shape index (κ1) is 16.4. The van der Waals surface area contributed by atoms with Crippen LogP contribution in [-0.4, -0.2) is 6.85 Å². The van der Waals surface area contributed by atoms with Gasteiger partial charge in [0.05, 0.1) is 19.4 Å². The van der Waals surface area contributed by atoms with Crippen molar-refractivity contribution in [1.82, 2.24) is 0 Å². The molecule has 2 nitrogen and oxygen atoms in total. The van der Waals surface area contributed by atoms with E-state index in [0.29, 0.717) is 6.85 Å². The first-order valence-electron chi connectivity index (χ1n) is 9.76. The fourth-order valence-corrected chi connectivity index (χ4v) is 4.47. The molecule has 1 aliphatic carbocycles. The van der Waals surface area contributed by atoms with Gasteiger partial charge in [-0.2, -0.15) is 0 Å². The third kappa shape index (κ3) is 3.37. The summed E-state index contributed by atoms with van der Waals surface area (Å²) in [5, 5.41) is 0. The van der Waals surface area contributed by atoms with E-state index >= 15 is 0 Å². The van der Waals surface area contributed by atoms with E-state index in [0.717, 1.165) is 5.92 Å². The van der Waals surface area contributed by atoms with Crippen LogP contribution in [0.3, 0.4) is 0 Å². The maximum Gasteiger partial charge on any atom is 0.409 e. The molecule has 0 spiro atoms. The second kappa shape index (κ2) is 7.07. The van der Waals surface area contributed by atoms with Crippen molar-refractivity contribution in [2.75, 3.05) is 4.81 Å². The van der Waals surface area contributed by atoms with Gasteiger partial charge in [0.25, 0.3) is 5.82 Å². The van der Waals surface area contributed by atoms with Crippen molar-refractivity contribution in [3.8, 4) is 0 Å². The van der Waals surface area contributed by atoms with Gasteiger partial charge in [0.1, 0.15) is 0 Å². The van der Waals surface area contributed by atoms with Crippen molar-refractivity contribution in [1.29, 1.82) is 0 Å². The smallest absolute Gasteiger partial charge is 0.293 e. The molecule has 1 aromatic heterocycles. The number of hydrogen-bond donors (Lipinski definition) is 0. The Morgan fingerprint density at radius 2 is 1.92 bits per heavy atom. The molecule has 0 radical (unpaired) electrons. The molecule has 1 aromatic carbocycles. The number of pyridine rings is 1. The van der Waals surface area contributed by atoms with Crippen LogP contribution in [0.15, 0.2) is 48.8 Å². The molecule has 2 aliphatic rings. The lowest BCUT2D eigenvalue weighted by Gasteiger charge is -2.25. The SMILES string of the molecule is CB1c2ccccc2C=CN1c1cc(CC2CCCCC2)cc[n+]1C. The maximum atomic E-state index is 2.41. The lowest BCUT2D eigenvalue weighted by atomic mass is 9.54. The molecule has 2 heterocycles. The van der Waals surface area contributed by atoms with E-state index < -0.39 is 0 Å². The van der Waals surface area contributed by atoms with Crippen LogP contribution < -0.4 is 14.8 Å². The van der Waals surface area contributed by atoms with Gasteiger partial charge in [-0.15, -0.1) is 0 Å². The van der Waals surface area contributed by atoms with Gasteiger partial charge >= 0.3 is 6.85 Å². The van der Waals surface area contributed by atoms with Gasteiger partial charge in [0.15, 0.2) is 0 Å². The van der Waals surface area contributed by atoms with Crippen LogP contribution >= 0.6 is 0 Å². The van der Waals surface area contributed by atoms with Crippen LogP contribution in [0.25, 0.3) is 6.08 Å². The molecule has 0 N–H and O–H groups in total. The van der Waals surface area contributed by atoms with Gasteiger partial charge < -0.3 is 0 Å². The van der Waals surface area contributed by atoms with Gasteiger partial charge in [0.2, 0.25) is 0 Å². The highest BCUT2D eigenvalue weighted by atomic mass is 15.2. The zero-order chi connectivity index (χ0) is 17.2. The van der Waals surface area contributed by atoms with Crippen molar-refractivity contribution < 1.29 is 4.57 Å². The fraction of sp³-hybridized carbons (Fsp3) is 0.409. The van der Waals surface area contributed by atoms with Crippen LogP contribution in [0, 0.1) is 5.92 Å². The normalized spacial score (nSPS) is 17.7. The van der Waals surface area contributed by atoms with Crippen LogP contribution in [0.4, 0.5) is 5.82 Å². The summed E-state index contributed by atoms with van der Waals surface area (Å²) >= 11 is 0. The van der Waals surface area contributed by atoms with Crippen molar-refractivity contribution >= 4 is 24.2 Å². The molecule has 0 unspecified atom stereocenters. The topological polar surface area (TPSA) is 7.12 Å². The molecule has 25 heavy (non-hydrogen) atoms. The molecule has 3 heteroatoms. The number of fused-ring (bicyclic) bond motifs is 1. The standard InChI is InChI=1S/C22H28BN2/c1-23-21-11-7-6-10-20(21)13-15-25(23)22-17-19(12-14-24(22)2)16-18-8-4-3-5-9-18/h6-7,10-15,17-18H,3-5,8-9,16H2,1-2H3/q+1. The Morgan fingerprint density at radius 3 is 2.76 bits per heavy atom. The van der Waals surface area contributed by atoms with E-state index in [2.05, 4.69) is 78.1 Å². The lowest BCUT2D eigenvalue weighted by Crippen LogP contribution is -2.51. The predicted octanol–water partition coefficient (Wildman–Crippen LogP) is 3.95. The molecule has 0 bridgehead atoms. The van der Waals surface area contributed by atoms with Crippen molar-refractivity contribution in [3.63, 3.8) is 0 Å². The lowest BCUT2D eigenvalue weighted by molar-refractivity contribution is -0.658. The van der Waals surface area contributed by atoms with Crippen LogP contribution in [0.5, 0.6) is 0 Å². The molecule has 1 aliphatic heterocycles. The third-order valence-corrected chi connectivity index (χ3v) is 5.98. The molecule has 4 rings (SSSR count). The van der Waals surface area contributed by atoms with Crippen LogP contribution in [0.2, 0.25) is 6.82 Å². The van der Waals surface area contributed by atoms with Gasteiger partial charge in [-0.1, -0.05) is 56.4 Å². The molecular weight excluding hydrogens is 303 g/mol. The summed E-state index contributed by atoms with van der Waals surface area (Å²) < 4.78 is 2.25. The largest absolute Gasteiger partial charge is 0.409 e. The molecule has 1 saturated carbocycles. The highest BCUT2D eigenvalue weighted by molar-refractivity contribution is 6.77. The number of nitrogens with zero attached hydrogens (tertiary/aromatic N) is 2. The van der Waals surface area contributed by atoms with Crippen LogP contribution in [-0.2, 0) is 13.5 Å². The van der Waals surface area contributed by atoms with Crippen LogP contribution in [0.1, 0.15) is 43.2 Å². The third-order valence-electron chi connectivity index (χ3n) is 5.98. The molecular formula is C22H28BN2+. The van der Waals surface area contributed by atoms with Crippen molar-refractivity contribution in [3.05, 3.63) is 59.9 Å². The zero-order valence-electron chi connectivity index (χ0n) is 15.5. The Kier molecular flexibility index (Phi) is 4.65. The molecule has 2 aromatic rings. The summed E-state index contributed by atoms with van der Waals surface area (Å²) in [5.41, 5.74) is 4.23. The van der Waals surface area contributed by atoms with Gasteiger partial charge in [-0.3, -0.25) is 4.81 Å². The Balaban J connectivity index is 1.61. The Morgan fingerprint density at radius 1 is 1.12 bits per heavy atom. The van der Waals surface area contributed by atoms with E-state index in [1.54, 1.807) is 0 Å². The minimum Gasteiger partial charge on any atom is -0.293 e. The number of aryl methyl sites for hydroxylation is 1. The molecule has 1 fully saturated rings. The summed E-state index contributed by atoms with van der Waals surface area (Å²) in [6.45, 7) is 2.66. The number of anilines is 1. The summed E-state index contributed by atoms with van der Waals surface area (Å²) in [6, 6.07) is 13.4. The molecule has 0 amide bonds. The van der Waals surface area contributed by atoms with Gasteiger partial charge in [-0.05, 0) is 47.9 Å². The minimum atomic E-state index is 0.359. The Bertz CT molecular complexity index is 777. The number of benzene rings is 1. The fourth-order valence-electron chi connectivity index (χ4n) is 4.47. The monoisotopic (exact) mass is 331 g/mol. The predicted molar refractivity (Wildman–Crippen MR) is 107 cm³/mol. The first-order chi connectivity index (χ1) is 12.2. The first-order valence-corrected chi connectivity index (χ1v) is 9.76. The quantitative estimate of drug-likeness (QED) is 0.610. The zero-order valence-corrected chi connectivity index (χ0v) is 15.5.